The maximum absolute atomic E-state index is 9.82. The van der Waals surface area contributed by atoms with Gasteiger partial charge in [-0.3, -0.25) is 9.88 Å². The second-order valence-electron chi connectivity index (χ2n) is 14.4. The van der Waals surface area contributed by atoms with E-state index in [1.54, 1.807) is 12.3 Å². The van der Waals surface area contributed by atoms with Gasteiger partial charge in [0.1, 0.15) is 36.5 Å². The molecule has 286 valence electrons. The normalized spacial score (nSPS) is 17.6. The fourth-order valence-electron chi connectivity index (χ4n) is 7.58. The summed E-state index contributed by atoms with van der Waals surface area (Å²) in [6, 6.07) is 20.2. The molecule has 2 aliphatic rings. The van der Waals surface area contributed by atoms with Crippen LogP contribution in [0, 0.1) is 25.2 Å². The van der Waals surface area contributed by atoms with Gasteiger partial charge in [0.05, 0.1) is 29.3 Å². The number of aromatic nitrogens is 5. The third-order valence-electron chi connectivity index (χ3n) is 10.6. The Morgan fingerprint density at radius 2 is 1.75 bits per heavy atom. The van der Waals surface area contributed by atoms with Crippen LogP contribution in [-0.4, -0.2) is 79.4 Å². The molecular formula is C42H47ClN8O4. The van der Waals surface area contributed by atoms with Crippen LogP contribution in [0.2, 0.25) is 5.02 Å². The number of H-pyrrole nitrogens is 1. The summed E-state index contributed by atoms with van der Waals surface area (Å²) in [6.45, 7) is 9.44. The summed E-state index contributed by atoms with van der Waals surface area (Å²) in [5, 5.41) is 34.5. The van der Waals surface area contributed by atoms with Crippen molar-refractivity contribution in [3.05, 3.63) is 111 Å². The molecule has 2 fully saturated rings. The van der Waals surface area contributed by atoms with E-state index in [4.69, 9.17) is 25.8 Å². The predicted molar refractivity (Wildman–Crippen MR) is 209 cm³/mol. The molecule has 55 heavy (non-hydrogen) atoms. The Bertz CT molecular complexity index is 2110. The number of piperidine rings is 1. The predicted octanol–water partition coefficient (Wildman–Crippen LogP) is 7.12. The number of aromatic amines is 1. The minimum Gasteiger partial charge on any atom is -0.493 e. The number of likely N-dealkylation sites (tertiary alicyclic amines) is 2. The number of rotatable bonds is 15. The first kappa shape index (κ1) is 38.2. The van der Waals surface area contributed by atoms with E-state index in [9.17, 15) is 10.4 Å². The number of hydrogen-bond acceptors (Lipinski definition) is 11. The maximum Gasteiger partial charge on any atom is 0.165 e. The number of halogens is 1. The molecule has 2 unspecified atom stereocenters. The number of nitriles is 1. The molecule has 2 aromatic heterocycles. The standard InChI is InChI=1S/C42H47ClN8O4/c1-28-32(8-5-9-35(28)36-10-6-12-39(29(36)2)53-17-7-14-50-16-13-34(52)25-50)27-55-41-20-40(54-26-31-18-30(21-44)22-45-23-31)33(19-37(41)43)24-51-15-4-3-11-38(51)42-46-48-49-47-42/h5-6,8-10,12,18-20,22-23,34,38,52H,3-4,7,11,13-17,24-27H2,1-2H3,(H,46,47,48,49). The SMILES string of the molecule is Cc1c(COc2cc(OCc3cncc(C#N)c3)c(CN3CCCCC3c3nnn[nH]3)cc2Cl)cccc1-c1cccc(OCCCN2CCC(O)C2)c1C. The number of nitrogens with one attached hydrogen (secondary N) is 1. The number of hydrogen-bond donors (Lipinski definition) is 2. The number of β-amino-alcohol motifs (C(OH)–C–C–N with tert-alkyl or cyclic N) is 1. The summed E-state index contributed by atoms with van der Waals surface area (Å²) in [6.07, 6.45) is 7.88. The van der Waals surface area contributed by atoms with Crippen LogP contribution in [0.3, 0.4) is 0 Å². The van der Waals surface area contributed by atoms with Crippen LogP contribution in [-0.2, 0) is 19.8 Å². The second-order valence-corrected chi connectivity index (χ2v) is 14.8. The molecular weight excluding hydrogens is 716 g/mol. The van der Waals surface area contributed by atoms with E-state index in [-0.39, 0.29) is 18.8 Å². The zero-order chi connectivity index (χ0) is 38.1. The molecule has 12 nitrogen and oxygen atoms in total. The van der Waals surface area contributed by atoms with Gasteiger partial charge in [0.2, 0.25) is 0 Å². The van der Waals surface area contributed by atoms with E-state index in [1.807, 2.05) is 24.3 Å². The first-order valence-corrected chi connectivity index (χ1v) is 19.4. The molecule has 2 aliphatic heterocycles. The van der Waals surface area contributed by atoms with Crippen molar-refractivity contribution in [1.29, 1.82) is 5.26 Å². The first-order chi connectivity index (χ1) is 26.9. The summed E-state index contributed by atoms with van der Waals surface area (Å²) in [4.78, 5) is 8.84. The fraction of sp³-hybridized carbons (Fsp3) is 0.405. The van der Waals surface area contributed by atoms with Crippen molar-refractivity contribution in [2.45, 2.75) is 77.9 Å². The Morgan fingerprint density at radius 1 is 0.909 bits per heavy atom. The van der Waals surface area contributed by atoms with E-state index in [2.05, 4.69) is 79.6 Å². The molecule has 4 heterocycles. The molecule has 7 rings (SSSR count). The van der Waals surface area contributed by atoms with Gasteiger partial charge >= 0.3 is 0 Å². The topological polar surface area (TPSA) is 146 Å². The monoisotopic (exact) mass is 762 g/mol. The van der Waals surface area contributed by atoms with Crippen molar-refractivity contribution in [1.82, 2.24) is 35.4 Å². The van der Waals surface area contributed by atoms with Gasteiger partial charge in [-0.15, -0.1) is 5.10 Å². The molecule has 0 spiro atoms. The number of aliphatic hydroxyl groups excluding tert-OH is 1. The van der Waals surface area contributed by atoms with Crippen LogP contribution in [0.25, 0.3) is 11.1 Å². The van der Waals surface area contributed by atoms with Gasteiger partial charge in [0, 0.05) is 55.8 Å². The largest absolute Gasteiger partial charge is 0.493 e. The molecule has 5 aromatic rings. The lowest BCUT2D eigenvalue weighted by Gasteiger charge is -2.34. The first-order valence-electron chi connectivity index (χ1n) is 19.0. The lowest BCUT2D eigenvalue weighted by molar-refractivity contribution is 0.131. The van der Waals surface area contributed by atoms with Crippen molar-refractivity contribution in [2.24, 2.45) is 0 Å². The molecule has 2 saturated heterocycles. The number of aliphatic hydroxyl groups is 1. The smallest absolute Gasteiger partial charge is 0.165 e. The number of tetrazole rings is 1. The zero-order valence-corrected chi connectivity index (χ0v) is 32.1. The highest BCUT2D eigenvalue weighted by Gasteiger charge is 2.28. The van der Waals surface area contributed by atoms with Crippen molar-refractivity contribution in [3.63, 3.8) is 0 Å². The van der Waals surface area contributed by atoms with Crippen LogP contribution in [0.15, 0.2) is 67.0 Å². The van der Waals surface area contributed by atoms with Gasteiger partial charge in [-0.05, 0) is 103 Å². The summed E-state index contributed by atoms with van der Waals surface area (Å²) < 4.78 is 19.2. The van der Waals surface area contributed by atoms with E-state index in [1.165, 1.54) is 6.20 Å². The average molecular weight is 763 g/mol. The van der Waals surface area contributed by atoms with Gasteiger partial charge < -0.3 is 24.2 Å². The van der Waals surface area contributed by atoms with Gasteiger partial charge in [-0.25, -0.2) is 5.10 Å². The maximum atomic E-state index is 9.82. The van der Waals surface area contributed by atoms with Crippen LogP contribution in [0.4, 0.5) is 0 Å². The van der Waals surface area contributed by atoms with E-state index in [0.717, 1.165) is 109 Å². The summed E-state index contributed by atoms with van der Waals surface area (Å²) >= 11 is 6.97. The third-order valence-corrected chi connectivity index (χ3v) is 10.9. The van der Waals surface area contributed by atoms with Crippen LogP contribution < -0.4 is 14.2 Å². The lowest BCUT2D eigenvalue weighted by Crippen LogP contribution is -2.33. The van der Waals surface area contributed by atoms with Crippen LogP contribution >= 0.6 is 11.6 Å². The number of ether oxygens (including phenoxy) is 3. The van der Waals surface area contributed by atoms with Crippen molar-refractivity contribution >= 4 is 11.6 Å². The molecule has 0 bridgehead atoms. The van der Waals surface area contributed by atoms with E-state index in [0.29, 0.717) is 41.8 Å². The van der Waals surface area contributed by atoms with E-state index < -0.39 is 0 Å². The highest BCUT2D eigenvalue weighted by Crippen LogP contribution is 2.38. The quantitative estimate of drug-likeness (QED) is 0.105. The molecule has 0 saturated carbocycles. The molecule has 3 aromatic carbocycles. The highest BCUT2D eigenvalue weighted by atomic mass is 35.5. The third kappa shape index (κ3) is 9.43. The van der Waals surface area contributed by atoms with Gasteiger partial charge in [-0.2, -0.15) is 5.26 Å². The average Bonchev–Trinajstić information content (AvgIpc) is 3.89. The minimum absolute atomic E-state index is 0.0459. The fourth-order valence-corrected chi connectivity index (χ4v) is 7.83. The van der Waals surface area contributed by atoms with Crippen LogP contribution in [0.5, 0.6) is 17.2 Å². The van der Waals surface area contributed by atoms with Gasteiger partial charge in [0.25, 0.3) is 0 Å². The highest BCUT2D eigenvalue weighted by molar-refractivity contribution is 6.32. The minimum atomic E-state index is -0.204. The van der Waals surface area contributed by atoms with E-state index >= 15 is 0 Å². The Morgan fingerprint density at radius 3 is 2.55 bits per heavy atom. The molecule has 2 atom stereocenters. The summed E-state index contributed by atoms with van der Waals surface area (Å²) in [5.74, 6) is 2.77. The van der Waals surface area contributed by atoms with Gasteiger partial charge in [-0.1, -0.05) is 48.4 Å². The molecule has 0 aliphatic carbocycles. The lowest BCUT2D eigenvalue weighted by atomic mass is 9.93. The Kier molecular flexibility index (Phi) is 12.5. The Labute approximate surface area is 327 Å². The Balaban J connectivity index is 1.08. The molecule has 13 heteroatoms. The van der Waals surface area contributed by atoms with Crippen molar-refractivity contribution < 1.29 is 19.3 Å². The van der Waals surface area contributed by atoms with Gasteiger partial charge in [0.15, 0.2) is 5.82 Å². The number of nitrogens with zero attached hydrogens (tertiary/aromatic N) is 7. The summed E-state index contributed by atoms with van der Waals surface area (Å²) in [7, 11) is 0. The number of benzene rings is 3. The van der Waals surface area contributed by atoms with Crippen LogP contribution in [0.1, 0.15) is 77.4 Å². The number of pyridine rings is 1. The van der Waals surface area contributed by atoms with Crippen molar-refractivity contribution in [2.75, 3.05) is 32.8 Å². The Hall–Kier alpha value is -5.06. The zero-order valence-electron chi connectivity index (χ0n) is 31.4. The molecule has 2 N–H and O–H groups in total. The second kappa shape index (κ2) is 18.0. The molecule has 0 amide bonds. The van der Waals surface area contributed by atoms with Crippen molar-refractivity contribution in [3.8, 4) is 34.4 Å². The summed E-state index contributed by atoms with van der Waals surface area (Å²) in [5.41, 5.74) is 7.64. The molecule has 0 radical (unpaired) electrons.